The van der Waals surface area contributed by atoms with Gasteiger partial charge in [-0.25, -0.2) is 0 Å². The van der Waals surface area contributed by atoms with Gasteiger partial charge in [0.1, 0.15) is 0 Å². The van der Waals surface area contributed by atoms with Crippen LogP contribution in [0.4, 0.5) is 0 Å². The monoisotopic (exact) mass is 391 g/mol. The van der Waals surface area contributed by atoms with Gasteiger partial charge in [-0.15, -0.1) is 0 Å². The van der Waals surface area contributed by atoms with Crippen LogP contribution in [0, 0.1) is 17.3 Å². The number of nitrogens with zero attached hydrogens (tertiary/aromatic N) is 1. The van der Waals surface area contributed by atoms with E-state index in [1.165, 1.54) is 18.9 Å². The molecule has 0 saturated heterocycles. The normalized spacial score (nSPS) is 40.5. The van der Waals surface area contributed by atoms with Crippen molar-refractivity contribution in [2.75, 3.05) is 20.1 Å². The lowest BCUT2D eigenvalue weighted by Gasteiger charge is -2.57. The molecule has 0 heterocycles. The SMILES string of the molecule is CC=C1C=CC(=O)C(=O)C1C1(CCN(C)CC2CC2)C(O)C(O)CCC1(C)O. The average Bonchev–Trinajstić information content (AvgIpc) is 3.45. The van der Waals surface area contributed by atoms with Crippen molar-refractivity contribution in [1.29, 1.82) is 0 Å². The number of hydrogen-bond donors (Lipinski definition) is 3. The molecule has 3 aliphatic rings. The van der Waals surface area contributed by atoms with E-state index < -0.39 is 40.7 Å². The molecule has 6 nitrogen and oxygen atoms in total. The molecule has 0 aromatic rings. The summed E-state index contributed by atoms with van der Waals surface area (Å²) in [6, 6.07) is 0. The largest absolute Gasteiger partial charge is 0.390 e. The third kappa shape index (κ3) is 3.63. The molecule has 3 rings (SSSR count). The summed E-state index contributed by atoms with van der Waals surface area (Å²) in [5.74, 6) is -1.52. The van der Waals surface area contributed by atoms with E-state index in [9.17, 15) is 24.9 Å². The van der Waals surface area contributed by atoms with Crippen molar-refractivity contribution in [3.8, 4) is 0 Å². The van der Waals surface area contributed by atoms with E-state index in [1.54, 1.807) is 26.0 Å². The highest BCUT2D eigenvalue weighted by Gasteiger charge is 2.63. The smallest absolute Gasteiger partial charge is 0.222 e. The Balaban J connectivity index is 2.03. The van der Waals surface area contributed by atoms with Crippen molar-refractivity contribution < 1.29 is 24.9 Å². The van der Waals surface area contributed by atoms with E-state index in [0.717, 1.165) is 6.54 Å². The molecule has 0 aromatic heterocycles. The number of Topliss-reactive ketones (excluding diaryl/α,β-unsaturated/α-hetero) is 1. The minimum Gasteiger partial charge on any atom is -0.390 e. The number of ketones is 2. The van der Waals surface area contributed by atoms with E-state index in [0.29, 0.717) is 24.5 Å². The van der Waals surface area contributed by atoms with Gasteiger partial charge in [0, 0.05) is 12.0 Å². The summed E-state index contributed by atoms with van der Waals surface area (Å²) in [6.07, 6.45) is 5.54. The van der Waals surface area contributed by atoms with Gasteiger partial charge in [-0.05, 0) is 77.1 Å². The zero-order chi connectivity index (χ0) is 20.7. The second-order valence-corrected chi connectivity index (χ2v) is 9.10. The Bertz CT molecular complexity index is 693. The molecule has 3 aliphatic carbocycles. The molecule has 156 valence electrons. The van der Waals surface area contributed by atoms with Crippen LogP contribution in [0.3, 0.4) is 0 Å². The maximum absolute atomic E-state index is 13.0. The van der Waals surface area contributed by atoms with Gasteiger partial charge in [-0.1, -0.05) is 12.2 Å². The minimum absolute atomic E-state index is 0.254. The number of rotatable bonds is 6. The van der Waals surface area contributed by atoms with Crippen molar-refractivity contribution >= 4 is 11.6 Å². The number of allylic oxidation sites excluding steroid dienone is 4. The Labute approximate surface area is 166 Å². The van der Waals surface area contributed by atoms with Crippen LogP contribution in [0.1, 0.15) is 46.0 Å². The van der Waals surface area contributed by atoms with Crippen LogP contribution in [0.15, 0.2) is 23.8 Å². The van der Waals surface area contributed by atoms with Crippen molar-refractivity contribution in [1.82, 2.24) is 4.90 Å². The highest BCUT2D eigenvalue weighted by molar-refractivity contribution is 6.44. The Morgan fingerprint density at radius 1 is 1.21 bits per heavy atom. The first-order valence-corrected chi connectivity index (χ1v) is 10.3. The molecule has 0 aromatic carbocycles. The summed E-state index contributed by atoms with van der Waals surface area (Å²) in [4.78, 5) is 27.4. The zero-order valence-electron chi connectivity index (χ0n) is 17.1. The van der Waals surface area contributed by atoms with Crippen LogP contribution >= 0.6 is 0 Å². The molecule has 2 fully saturated rings. The molecule has 0 aliphatic heterocycles. The Kier molecular flexibility index (Phi) is 5.97. The molecule has 0 bridgehead atoms. The van der Waals surface area contributed by atoms with Crippen molar-refractivity contribution in [2.45, 2.75) is 63.8 Å². The summed E-state index contributed by atoms with van der Waals surface area (Å²) in [7, 11) is 2.00. The first-order chi connectivity index (χ1) is 13.1. The second-order valence-electron chi connectivity index (χ2n) is 9.10. The van der Waals surface area contributed by atoms with Crippen LogP contribution in [0.25, 0.3) is 0 Å². The van der Waals surface area contributed by atoms with Crippen LogP contribution < -0.4 is 0 Å². The quantitative estimate of drug-likeness (QED) is 0.590. The topological polar surface area (TPSA) is 98.1 Å². The average molecular weight is 392 g/mol. The molecule has 5 atom stereocenters. The lowest BCUT2D eigenvalue weighted by atomic mass is 9.50. The zero-order valence-corrected chi connectivity index (χ0v) is 17.1. The molecule has 0 amide bonds. The third-order valence-electron chi connectivity index (χ3n) is 7.11. The highest BCUT2D eigenvalue weighted by Crippen LogP contribution is 2.55. The minimum atomic E-state index is -1.40. The lowest BCUT2D eigenvalue weighted by Crippen LogP contribution is -2.67. The molecular weight excluding hydrogens is 358 g/mol. The summed E-state index contributed by atoms with van der Waals surface area (Å²) in [5, 5.41) is 33.1. The molecule has 0 spiro atoms. The van der Waals surface area contributed by atoms with E-state index in [-0.39, 0.29) is 12.8 Å². The van der Waals surface area contributed by atoms with Gasteiger partial charge in [0.05, 0.1) is 23.7 Å². The second kappa shape index (κ2) is 7.82. The number of carbonyl (C=O) groups excluding carboxylic acids is 2. The van der Waals surface area contributed by atoms with Gasteiger partial charge in [-0.3, -0.25) is 9.59 Å². The highest BCUT2D eigenvalue weighted by atomic mass is 16.3. The lowest BCUT2D eigenvalue weighted by molar-refractivity contribution is -0.221. The Hall–Kier alpha value is -1.34. The van der Waals surface area contributed by atoms with Crippen LogP contribution in [0.5, 0.6) is 0 Å². The summed E-state index contributed by atoms with van der Waals surface area (Å²) < 4.78 is 0. The van der Waals surface area contributed by atoms with E-state index in [4.69, 9.17) is 0 Å². The maximum atomic E-state index is 13.0. The predicted octanol–water partition coefficient (Wildman–Crippen LogP) is 1.24. The van der Waals surface area contributed by atoms with E-state index in [1.807, 2.05) is 7.05 Å². The van der Waals surface area contributed by atoms with Crippen LogP contribution in [-0.2, 0) is 9.59 Å². The first-order valence-electron chi connectivity index (χ1n) is 10.3. The number of carbonyl (C=O) groups is 2. The van der Waals surface area contributed by atoms with Crippen molar-refractivity contribution in [3.05, 3.63) is 23.8 Å². The third-order valence-corrected chi connectivity index (χ3v) is 7.11. The van der Waals surface area contributed by atoms with Gasteiger partial charge in [-0.2, -0.15) is 0 Å². The van der Waals surface area contributed by atoms with Crippen molar-refractivity contribution in [2.24, 2.45) is 17.3 Å². The summed E-state index contributed by atoms with van der Waals surface area (Å²) in [5.41, 5.74) is -2.11. The molecule has 2 saturated carbocycles. The molecule has 6 heteroatoms. The van der Waals surface area contributed by atoms with Gasteiger partial charge in [0.15, 0.2) is 0 Å². The standard InChI is InChI=1S/C22H33NO5/c1-4-15-7-8-16(24)19(26)18(15)22(11-12-23(3)13-14-5-6-14)20(27)17(25)9-10-21(22,2)28/h4,7-8,14,17-18,20,25,27-28H,5-6,9-13H2,1-3H3. The summed E-state index contributed by atoms with van der Waals surface area (Å²) >= 11 is 0. The van der Waals surface area contributed by atoms with Crippen LogP contribution in [-0.4, -0.2) is 69.7 Å². The van der Waals surface area contributed by atoms with Gasteiger partial charge in [0.25, 0.3) is 0 Å². The fourth-order valence-electron chi connectivity index (χ4n) is 5.17. The summed E-state index contributed by atoms with van der Waals surface area (Å²) in [6.45, 7) is 4.91. The van der Waals surface area contributed by atoms with Gasteiger partial charge < -0.3 is 20.2 Å². The Morgan fingerprint density at radius 2 is 1.89 bits per heavy atom. The van der Waals surface area contributed by atoms with Crippen molar-refractivity contribution in [3.63, 3.8) is 0 Å². The predicted molar refractivity (Wildman–Crippen MR) is 106 cm³/mol. The molecular formula is C22H33NO5. The van der Waals surface area contributed by atoms with E-state index in [2.05, 4.69) is 4.90 Å². The fourth-order valence-corrected chi connectivity index (χ4v) is 5.17. The fraction of sp³-hybridized carbons (Fsp3) is 0.727. The number of aliphatic hydroxyl groups excluding tert-OH is 2. The molecule has 28 heavy (non-hydrogen) atoms. The Morgan fingerprint density at radius 3 is 2.50 bits per heavy atom. The number of hydrogen-bond acceptors (Lipinski definition) is 6. The molecule has 0 radical (unpaired) electrons. The van der Waals surface area contributed by atoms with Crippen LogP contribution in [0.2, 0.25) is 0 Å². The van der Waals surface area contributed by atoms with Gasteiger partial charge >= 0.3 is 0 Å². The van der Waals surface area contributed by atoms with Gasteiger partial charge in [0.2, 0.25) is 11.6 Å². The maximum Gasteiger partial charge on any atom is 0.222 e. The number of aliphatic hydroxyl groups is 3. The molecule has 3 N–H and O–H groups in total. The molecule has 5 unspecified atom stereocenters. The first kappa shape index (κ1) is 21.4. The van der Waals surface area contributed by atoms with E-state index >= 15 is 0 Å².